The van der Waals surface area contributed by atoms with Gasteiger partial charge in [-0.1, -0.05) is 18.2 Å². The molecular formula is C15H9F3O4. The monoisotopic (exact) mass is 310 g/mol. The van der Waals surface area contributed by atoms with Crippen molar-refractivity contribution in [3.8, 4) is 5.75 Å². The van der Waals surface area contributed by atoms with Crippen molar-refractivity contribution in [2.75, 3.05) is 0 Å². The summed E-state index contributed by atoms with van der Waals surface area (Å²) in [5.41, 5.74) is -4.19. The van der Waals surface area contributed by atoms with Crippen molar-refractivity contribution in [2.24, 2.45) is 0 Å². The van der Waals surface area contributed by atoms with Gasteiger partial charge in [0.1, 0.15) is 5.75 Å². The summed E-state index contributed by atoms with van der Waals surface area (Å²) in [5, 5.41) is 9.28. The molecule has 2 heterocycles. The number of hydrogen-bond acceptors (Lipinski definition) is 3. The summed E-state index contributed by atoms with van der Waals surface area (Å²) < 4.78 is 51.3. The van der Waals surface area contributed by atoms with Crippen molar-refractivity contribution in [1.29, 1.82) is 0 Å². The quantitative estimate of drug-likeness (QED) is 0.920. The van der Waals surface area contributed by atoms with Gasteiger partial charge in [0, 0.05) is 11.1 Å². The molecule has 0 radical (unpaired) electrons. The zero-order valence-electron chi connectivity index (χ0n) is 10.9. The second-order valence-corrected chi connectivity index (χ2v) is 4.69. The van der Waals surface area contributed by atoms with Gasteiger partial charge >= 0.3 is 12.1 Å². The fraction of sp³-hybridized carbons (Fsp3) is 0.133. The zero-order valence-corrected chi connectivity index (χ0v) is 10.9. The van der Waals surface area contributed by atoms with Crippen LogP contribution in [-0.4, -0.2) is 17.3 Å². The molecule has 0 spiro atoms. The topological polar surface area (TPSA) is 59.7 Å². The van der Waals surface area contributed by atoms with Gasteiger partial charge in [0.05, 0.1) is 18.1 Å². The van der Waals surface area contributed by atoms with Gasteiger partial charge in [-0.3, -0.25) is 0 Å². The first-order valence-electron chi connectivity index (χ1n) is 6.19. The Kier molecular flexibility index (Phi) is 3.01. The van der Waals surface area contributed by atoms with Gasteiger partial charge in [0.15, 0.2) is 0 Å². The predicted octanol–water partition coefficient (Wildman–Crippen LogP) is 3.60. The molecule has 22 heavy (non-hydrogen) atoms. The average molecular weight is 310 g/mol. The van der Waals surface area contributed by atoms with Crippen LogP contribution in [0.5, 0.6) is 5.75 Å². The number of furan rings is 1. The second-order valence-electron chi connectivity index (χ2n) is 4.69. The van der Waals surface area contributed by atoms with E-state index in [1.54, 1.807) is 6.07 Å². The number of carbonyl (C=O) groups is 1. The lowest BCUT2D eigenvalue weighted by atomic mass is 9.83. The van der Waals surface area contributed by atoms with Crippen LogP contribution >= 0.6 is 0 Å². The standard InChI is InChI=1S/C15H9F3O4/c16-15(17,18)14(10-5-6-21-8-10)11(13(19)20)7-9-3-1-2-4-12(9)22-14/h1-8H,(H,19,20). The molecule has 1 aliphatic rings. The molecule has 0 fully saturated rings. The number of aliphatic carboxylic acids is 1. The van der Waals surface area contributed by atoms with Gasteiger partial charge in [0.25, 0.3) is 5.60 Å². The van der Waals surface area contributed by atoms with Gasteiger partial charge in [-0.15, -0.1) is 0 Å². The first-order valence-corrected chi connectivity index (χ1v) is 6.19. The molecule has 3 rings (SSSR count). The van der Waals surface area contributed by atoms with Crippen molar-refractivity contribution in [3.63, 3.8) is 0 Å². The summed E-state index contributed by atoms with van der Waals surface area (Å²) in [7, 11) is 0. The van der Waals surface area contributed by atoms with Crippen LogP contribution in [0.1, 0.15) is 11.1 Å². The molecular weight excluding hydrogens is 301 g/mol. The first-order chi connectivity index (χ1) is 10.4. The van der Waals surface area contributed by atoms with Gasteiger partial charge in [-0.05, 0) is 18.2 Å². The minimum atomic E-state index is -4.99. The SMILES string of the molecule is O=C(O)C1=Cc2ccccc2OC1(c1ccoc1)C(F)(F)F. The van der Waals surface area contributed by atoms with Crippen LogP contribution in [0.4, 0.5) is 13.2 Å². The van der Waals surface area contributed by atoms with E-state index in [2.05, 4.69) is 0 Å². The summed E-state index contributed by atoms with van der Waals surface area (Å²) in [5.74, 6) is -1.76. The third-order valence-electron chi connectivity index (χ3n) is 3.42. The van der Waals surface area contributed by atoms with Crippen LogP contribution in [0.2, 0.25) is 0 Å². The number of rotatable bonds is 2. The molecule has 0 bridgehead atoms. The van der Waals surface area contributed by atoms with E-state index in [9.17, 15) is 23.1 Å². The van der Waals surface area contributed by atoms with Crippen LogP contribution in [-0.2, 0) is 10.4 Å². The van der Waals surface area contributed by atoms with Crippen LogP contribution in [0, 0.1) is 0 Å². The highest BCUT2D eigenvalue weighted by molar-refractivity contribution is 5.96. The Morgan fingerprint density at radius 1 is 1.18 bits per heavy atom. The highest BCUT2D eigenvalue weighted by Crippen LogP contribution is 2.51. The fourth-order valence-corrected chi connectivity index (χ4v) is 2.44. The van der Waals surface area contributed by atoms with Crippen LogP contribution in [0.25, 0.3) is 6.08 Å². The maximum absolute atomic E-state index is 13.8. The van der Waals surface area contributed by atoms with E-state index in [0.717, 1.165) is 24.7 Å². The molecule has 0 saturated heterocycles. The maximum Gasteiger partial charge on any atom is 0.437 e. The number of benzene rings is 1. The molecule has 1 N–H and O–H groups in total. The Labute approximate surface area is 122 Å². The van der Waals surface area contributed by atoms with Crippen molar-refractivity contribution in [3.05, 3.63) is 59.6 Å². The molecule has 1 atom stereocenters. The van der Waals surface area contributed by atoms with Gasteiger partial charge in [0.2, 0.25) is 0 Å². The molecule has 0 amide bonds. The molecule has 7 heteroatoms. The summed E-state index contributed by atoms with van der Waals surface area (Å²) >= 11 is 0. The van der Waals surface area contributed by atoms with Gasteiger partial charge < -0.3 is 14.3 Å². The van der Waals surface area contributed by atoms with Crippen LogP contribution < -0.4 is 4.74 Å². The van der Waals surface area contributed by atoms with Crippen molar-refractivity contribution >= 4 is 12.0 Å². The van der Waals surface area contributed by atoms with Crippen molar-refractivity contribution in [1.82, 2.24) is 0 Å². The minimum Gasteiger partial charge on any atom is -0.478 e. The molecule has 2 aromatic rings. The molecule has 114 valence electrons. The summed E-state index contributed by atoms with van der Waals surface area (Å²) in [6.45, 7) is 0. The molecule has 1 aromatic carbocycles. The highest BCUT2D eigenvalue weighted by atomic mass is 19.4. The Morgan fingerprint density at radius 2 is 1.91 bits per heavy atom. The summed E-state index contributed by atoms with van der Waals surface area (Å²) in [6.07, 6.45) is -2.15. The lowest BCUT2D eigenvalue weighted by Gasteiger charge is -2.38. The van der Waals surface area contributed by atoms with Gasteiger partial charge in [-0.2, -0.15) is 13.2 Å². The van der Waals surface area contributed by atoms with Crippen molar-refractivity contribution < 1.29 is 32.2 Å². The predicted molar refractivity (Wildman–Crippen MR) is 69.1 cm³/mol. The first kappa shape index (κ1) is 14.2. The number of halogens is 3. The average Bonchev–Trinajstić information content (AvgIpc) is 2.98. The zero-order chi connectivity index (χ0) is 16.0. The van der Waals surface area contributed by atoms with E-state index in [1.165, 1.54) is 18.2 Å². The van der Waals surface area contributed by atoms with E-state index in [-0.39, 0.29) is 11.3 Å². The van der Waals surface area contributed by atoms with Crippen LogP contribution in [0.3, 0.4) is 0 Å². The molecule has 1 unspecified atom stereocenters. The van der Waals surface area contributed by atoms with E-state index in [1.807, 2.05) is 0 Å². The summed E-state index contributed by atoms with van der Waals surface area (Å²) in [6, 6.07) is 6.96. The fourth-order valence-electron chi connectivity index (χ4n) is 2.44. The largest absolute Gasteiger partial charge is 0.478 e. The maximum atomic E-state index is 13.8. The minimum absolute atomic E-state index is 0.0500. The molecule has 4 nitrogen and oxygen atoms in total. The second kappa shape index (κ2) is 4.66. The highest BCUT2D eigenvalue weighted by Gasteiger charge is 2.64. The number of alkyl halides is 3. The number of fused-ring (bicyclic) bond motifs is 1. The lowest BCUT2D eigenvalue weighted by molar-refractivity contribution is -0.241. The number of carboxylic acids is 1. The third kappa shape index (κ3) is 1.89. The Morgan fingerprint density at radius 3 is 2.50 bits per heavy atom. The van der Waals surface area contributed by atoms with Gasteiger partial charge in [-0.25, -0.2) is 4.79 Å². The molecule has 1 aliphatic heterocycles. The number of ether oxygens (including phenoxy) is 1. The number of carboxylic acid groups (broad SMARTS) is 1. The Hall–Kier alpha value is -2.70. The van der Waals surface area contributed by atoms with E-state index < -0.39 is 28.9 Å². The van der Waals surface area contributed by atoms with E-state index >= 15 is 0 Å². The van der Waals surface area contributed by atoms with E-state index in [4.69, 9.17) is 9.15 Å². The number of para-hydroxylation sites is 1. The Balaban J connectivity index is 2.33. The molecule has 1 aromatic heterocycles. The lowest BCUT2D eigenvalue weighted by Crippen LogP contribution is -2.51. The van der Waals surface area contributed by atoms with Crippen molar-refractivity contribution in [2.45, 2.75) is 11.8 Å². The normalized spacial score (nSPS) is 20.8. The summed E-state index contributed by atoms with van der Waals surface area (Å²) in [4.78, 5) is 11.4. The van der Waals surface area contributed by atoms with E-state index in [0.29, 0.717) is 0 Å². The Bertz CT molecular complexity index is 746. The number of hydrogen-bond donors (Lipinski definition) is 1. The van der Waals surface area contributed by atoms with Crippen LogP contribution in [0.15, 0.2) is 52.8 Å². The molecule has 0 aliphatic carbocycles. The third-order valence-corrected chi connectivity index (χ3v) is 3.42. The smallest absolute Gasteiger partial charge is 0.437 e. The molecule has 0 saturated carbocycles.